The Kier molecular flexibility index (Phi) is 2.83. The van der Waals surface area contributed by atoms with Gasteiger partial charge in [0.15, 0.2) is 0 Å². The Bertz CT molecular complexity index is 501. The summed E-state index contributed by atoms with van der Waals surface area (Å²) in [6.45, 7) is 4.73. The highest BCUT2D eigenvalue weighted by Gasteiger charge is 2.09. The first-order valence-electron chi connectivity index (χ1n) is 5.51. The highest BCUT2D eigenvalue weighted by molar-refractivity contribution is 5.79. The lowest BCUT2D eigenvalue weighted by Gasteiger charge is -2.11. The lowest BCUT2D eigenvalue weighted by atomic mass is 10.2. The number of aryl methyl sites for hydroxylation is 2. The van der Waals surface area contributed by atoms with E-state index in [0.717, 1.165) is 17.0 Å². The zero-order valence-electron chi connectivity index (χ0n) is 9.99. The van der Waals surface area contributed by atoms with Crippen molar-refractivity contribution in [3.05, 3.63) is 23.8 Å². The van der Waals surface area contributed by atoms with E-state index < -0.39 is 0 Å². The quantitative estimate of drug-likeness (QED) is 0.823. The fourth-order valence-corrected chi connectivity index (χ4v) is 1.71. The van der Waals surface area contributed by atoms with Gasteiger partial charge in [0, 0.05) is 19.6 Å². The lowest BCUT2D eigenvalue weighted by molar-refractivity contribution is 0.777. The highest BCUT2D eigenvalue weighted by atomic mass is 15.2. The summed E-state index contributed by atoms with van der Waals surface area (Å²) in [5.41, 5.74) is 8.99. The molecule has 2 rings (SSSR count). The molecule has 1 heterocycles. The van der Waals surface area contributed by atoms with E-state index in [1.54, 1.807) is 0 Å². The molecule has 0 saturated carbocycles. The Morgan fingerprint density at radius 1 is 1.50 bits per heavy atom. The first-order chi connectivity index (χ1) is 7.61. The van der Waals surface area contributed by atoms with Crippen LogP contribution in [0.1, 0.15) is 12.5 Å². The van der Waals surface area contributed by atoms with Crippen molar-refractivity contribution >= 4 is 17.0 Å². The summed E-state index contributed by atoms with van der Waals surface area (Å²) in [5.74, 6) is 0.874. The standard InChI is InChI=1S/C12H18N4/c1-8-4-5-10-11(6-8)16(3)12(15-10)14-9(2)7-13/h4-6,9H,7,13H2,1-3H3,(H,14,15). The van der Waals surface area contributed by atoms with Crippen molar-refractivity contribution in [3.63, 3.8) is 0 Å². The van der Waals surface area contributed by atoms with E-state index in [4.69, 9.17) is 5.73 Å². The molecule has 0 aliphatic rings. The third-order valence-electron chi connectivity index (χ3n) is 2.77. The number of rotatable bonds is 3. The average Bonchev–Trinajstić information content (AvgIpc) is 2.56. The maximum Gasteiger partial charge on any atom is 0.203 e. The third kappa shape index (κ3) is 1.88. The van der Waals surface area contributed by atoms with Gasteiger partial charge in [-0.2, -0.15) is 0 Å². The molecule has 2 aromatic rings. The average molecular weight is 218 g/mol. The molecule has 0 aliphatic carbocycles. The SMILES string of the molecule is Cc1ccc2nc(NC(C)CN)n(C)c2c1. The maximum atomic E-state index is 5.59. The molecule has 0 bridgehead atoms. The second-order valence-electron chi connectivity index (χ2n) is 4.27. The summed E-state index contributed by atoms with van der Waals surface area (Å²) >= 11 is 0. The van der Waals surface area contributed by atoms with Crippen LogP contribution < -0.4 is 11.1 Å². The highest BCUT2D eigenvalue weighted by Crippen LogP contribution is 2.19. The Labute approximate surface area is 95.5 Å². The molecule has 0 saturated heterocycles. The molecule has 1 atom stereocenters. The van der Waals surface area contributed by atoms with Crippen LogP contribution in [0.15, 0.2) is 18.2 Å². The molecule has 1 aromatic heterocycles. The van der Waals surface area contributed by atoms with Crippen LogP contribution in [0.25, 0.3) is 11.0 Å². The number of aromatic nitrogens is 2. The number of anilines is 1. The van der Waals surface area contributed by atoms with E-state index in [1.165, 1.54) is 5.56 Å². The number of nitrogens with zero attached hydrogens (tertiary/aromatic N) is 2. The van der Waals surface area contributed by atoms with Gasteiger partial charge < -0.3 is 15.6 Å². The van der Waals surface area contributed by atoms with Crippen molar-refractivity contribution in [3.8, 4) is 0 Å². The van der Waals surface area contributed by atoms with Gasteiger partial charge in [-0.05, 0) is 31.5 Å². The minimum atomic E-state index is 0.233. The summed E-state index contributed by atoms with van der Waals surface area (Å²) in [6.07, 6.45) is 0. The summed E-state index contributed by atoms with van der Waals surface area (Å²) in [7, 11) is 2.01. The van der Waals surface area contributed by atoms with Crippen LogP contribution >= 0.6 is 0 Å². The van der Waals surface area contributed by atoms with E-state index in [2.05, 4.69) is 33.9 Å². The van der Waals surface area contributed by atoms with Crippen LogP contribution in [0.5, 0.6) is 0 Å². The van der Waals surface area contributed by atoms with Gasteiger partial charge in [0.05, 0.1) is 11.0 Å². The number of fused-ring (bicyclic) bond motifs is 1. The van der Waals surface area contributed by atoms with E-state index in [0.29, 0.717) is 6.54 Å². The van der Waals surface area contributed by atoms with Crippen LogP contribution in [-0.2, 0) is 7.05 Å². The molecule has 86 valence electrons. The van der Waals surface area contributed by atoms with Crippen molar-refractivity contribution in [1.82, 2.24) is 9.55 Å². The Balaban J connectivity index is 2.44. The number of nitrogens with two attached hydrogens (primary N) is 1. The monoisotopic (exact) mass is 218 g/mol. The molecule has 0 amide bonds. The first-order valence-corrected chi connectivity index (χ1v) is 5.51. The van der Waals surface area contributed by atoms with Crippen LogP contribution in [0, 0.1) is 6.92 Å². The molecule has 1 unspecified atom stereocenters. The topological polar surface area (TPSA) is 55.9 Å². The predicted molar refractivity (Wildman–Crippen MR) is 67.6 cm³/mol. The van der Waals surface area contributed by atoms with Crippen LogP contribution in [0.3, 0.4) is 0 Å². The molecule has 3 N–H and O–H groups in total. The van der Waals surface area contributed by atoms with E-state index in [-0.39, 0.29) is 6.04 Å². The molecule has 16 heavy (non-hydrogen) atoms. The van der Waals surface area contributed by atoms with Gasteiger partial charge in [-0.15, -0.1) is 0 Å². The number of hydrogen-bond acceptors (Lipinski definition) is 3. The Hall–Kier alpha value is -1.55. The lowest BCUT2D eigenvalue weighted by Crippen LogP contribution is -2.26. The van der Waals surface area contributed by atoms with Gasteiger partial charge in [-0.3, -0.25) is 0 Å². The molecular formula is C12H18N4. The van der Waals surface area contributed by atoms with Crippen molar-refractivity contribution in [2.24, 2.45) is 12.8 Å². The molecule has 4 nitrogen and oxygen atoms in total. The summed E-state index contributed by atoms with van der Waals surface area (Å²) < 4.78 is 2.06. The Morgan fingerprint density at radius 3 is 2.94 bits per heavy atom. The predicted octanol–water partition coefficient (Wildman–Crippen LogP) is 1.64. The zero-order valence-corrected chi connectivity index (χ0v) is 9.99. The van der Waals surface area contributed by atoms with Gasteiger partial charge in [0.25, 0.3) is 0 Å². The molecule has 1 aromatic carbocycles. The summed E-state index contributed by atoms with van der Waals surface area (Å²) in [6, 6.07) is 6.49. The van der Waals surface area contributed by atoms with Crippen molar-refractivity contribution in [1.29, 1.82) is 0 Å². The number of benzene rings is 1. The number of imidazole rings is 1. The fourth-order valence-electron chi connectivity index (χ4n) is 1.71. The fraction of sp³-hybridized carbons (Fsp3) is 0.417. The van der Waals surface area contributed by atoms with Gasteiger partial charge in [0.1, 0.15) is 0 Å². The summed E-state index contributed by atoms with van der Waals surface area (Å²) in [4.78, 5) is 4.54. The minimum absolute atomic E-state index is 0.233. The molecular weight excluding hydrogens is 200 g/mol. The van der Waals surface area contributed by atoms with Gasteiger partial charge in [-0.1, -0.05) is 6.07 Å². The van der Waals surface area contributed by atoms with Crippen LogP contribution in [-0.4, -0.2) is 22.1 Å². The smallest absolute Gasteiger partial charge is 0.203 e. The minimum Gasteiger partial charge on any atom is -0.352 e. The number of hydrogen-bond donors (Lipinski definition) is 2. The molecule has 0 radical (unpaired) electrons. The summed E-state index contributed by atoms with van der Waals surface area (Å²) in [5, 5.41) is 3.30. The van der Waals surface area contributed by atoms with Crippen molar-refractivity contribution in [2.75, 3.05) is 11.9 Å². The van der Waals surface area contributed by atoms with E-state index in [9.17, 15) is 0 Å². The molecule has 4 heteroatoms. The molecule has 0 aliphatic heterocycles. The first kappa shape index (κ1) is 11.0. The molecule has 0 fully saturated rings. The van der Waals surface area contributed by atoms with Gasteiger partial charge in [-0.25, -0.2) is 4.98 Å². The van der Waals surface area contributed by atoms with Gasteiger partial charge in [0.2, 0.25) is 5.95 Å². The second kappa shape index (κ2) is 4.14. The largest absolute Gasteiger partial charge is 0.352 e. The third-order valence-corrected chi connectivity index (χ3v) is 2.77. The van der Waals surface area contributed by atoms with E-state index in [1.807, 2.05) is 20.0 Å². The molecule has 0 spiro atoms. The van der Waals surface area contributed by atoms with Crippen molar-refractivity contribution < 1.29 is 0 Å². The Morgan fingerprint density at radius 2 is 2.25 bits per heavy atom. The second-order valence-corrected chi connectivity index (χ2v) is 4.27. The van der Waals surface area contributed by atoms with Crippen LogP contribution in [0.2, 0.25) is 0 Å². The zero-order chi connectivity index (χ0) is 11.7. The van der Waals surface area contributed by atoms with Crippen LogP contribution in [0.4, 0.5) is 5.95 Å². The normalized spacial score (nSPS) is 13.0. The maximum absolute atomic E-state index is 5.59. The van der Waals surface area contributed by atoms with Crippen molar-refractivity contribution in [2.45, 2.75) is 19.9 Å². The van der Waals surface area contributed by atoms with Gasteiger partial charge >= 0.3 is 0 Å². The van der Waals surface area contributed by atoms with E-state index >= 15 is 0 Å². The number of nitrogens with one attached hydrogen (secondary N) is 1.